The van der Waals surface area contributed by atoms with Crippen molar-refractivity contribution < 1.29 is 14.3 Å². The van der Waals surface area contributed by atoms with Gasteiger partial charge in [-0.3, -0.25) is 4.79 Å². The molecule has 21 heavy (non-hydrogen) atoms. The number of benzene rings is 2. The maximum absolute atomic E-state index is 11.9. The zero-order chi connectivity index (χ0) is 15.2. The SMILES string of the molecule is COc1ccc(C)cc1NC(=O)COc1cccc(Br)c1. The molecule has 5 heteroatoms. The molecule has 0 fully saturated rings. The minimum atomic E-state index is -0.237. The summed E-state index contributed by atoms with van der Waals surface area (Å²) in [5, 5.41) is 2.79. The molecule has 0 radical (unpaired) electrons. The standard InChI is InChI=1S/C16H16BrNO3/c1-11-6-7-15(20-2)14(8-11)18-16(19)10-21-13-5-3-4-12(17)9-13/h3-9H,10H2,1-2H3,(H,18,19). The van der Waals surface area contributed by atoms with E-state index < -0.39 is 0 Å². The van der Waals surface area contributed by atoms with Gasteiger partial charge in [0.15, 0.2) is 6.61 Å². The zero-order valence-electron chi connectivity index (χ0n) is 11.9. The number of methoxy groups -OCH3 is 1. The van der Waals surface area contributed by atoms with E-state index in [4.69, 9.17) is 9.47 Å². The van der Waals surface area contributed by atoms with Gasteiger partial charge >= 0.3 is 0 Å². The molecule has 0 spiro atoms. The van der Waals surface area contributed by atoms with E-state index in [2.05, 4.69) is 21.2 Å². The van der Waals surface area contributed by atoms with Gasteiger partial charge in [-0.25, -0.2) is 0 Å². The number of amides is 1. The molecule has 0 aromatic heterocycles. The first-order valence-electron chi connectivity index (χ1n) is 6.41. The maximum Gasteiger partial charge on any atom is 0.262 e. The van der Waals surface area contributed by atoms with Gasteiger partial charge < -0.3 is 14.8 Å². The van der Waals surface area contributed by atoms with Crippen molar-refractivity contribution in [1.29, 1.82) is 0 Å². The van der Waals surface area contributed by atoms with E-state index >= 15 is 0 Å². The molecule has 110 valence electrons. The van der Waals surface area contributed by atoms with Gasteiger partial charge in [-0.2, -0.15) is 0 Å². The molecule has 0 unspecified atom stereocenters. The van der Waals surface area contributed by atoms with Crippen molar-refractivity contribution in [3.05, 3.63) is 52.5 Å². The van der Waals surface area contributed by atoms with Gasteiger partial charge in [-0.15, -0.1) is 0 Å². The highest BCUT2D eigenvalue weighted by molar-refractivity contribution is 9.10. The highest BCUT2D eigenvalue weighted by atomic mass is 79.9. The summed E-state index contributed by atoms with van der Waals surface area (Å²) >= 11 is 3.35. The van der Waals surface area contributed by atoms with Gasteiger partial charge in [0.1, 0.15) is 11.5 Å². The smallest absolute Gasteiger partial charge is 0.262 e. The van der Waals surface area contributed by atoms with Crippen LogP contribution >= 0.6 is 15.9 Å². The lowest BCUT2D eigenvalue weighted by Gasteiger charge is -2.11. The Balaban J connectivity index is 1.97. The number of hydrogen-bond acceptors (Lipinski definition) is 3. The summed E-state index contributed by atoms with van der Waals surface area (Å²) in [6.07, 6.45) is 0. The summed E-state index contributed by atoms with van der Waals surface area (Å²) in [5.41, 5.74) is 1.68. The third kappa shape index (κ3) is 4.49. The molecular weight excluding hydrogens is 334 g/mol. The van der Waals surface area contributed by atoms with E-state index in [9.17, 15) is 4.79 Å². The van der Waals surface area contributed by atoms with E-state index in [1.165, 1.54) is 0 Å². The van der Waals surface area contributed by atoms with Crippen LogP contribution in [0.5, 0.6) is 11.5 Å². The molecule has 2 rings (SSSR count). The Kier molecular flexibility index (Phi) is 5.22. The van der Waals surface area contributed by atoms with Crippen LogP contribution in [0.25, 0.3) is 0 Å². The average Bonchev–Trinajstić information content (AvgIpc) is 2.45. The van der Waals surface area contributed by atoms with Crippen molar-refractivity contribution in [3.63, 3.8) is 0 Å². The van der Waals surface area contributed by atoms with E-state index in [1.807, 2.05) is 37.3 Å². The van der Waals surface area contributed by atoms with Crippen LogP contribution < -0.4 is 14.8 Å². The second kappa shape index (κ2) is 7.13. The number of carbonyl (C=O) groups is 1. The fourth-order valence-corrected chi connectivity index (χ4v) is 2.19. The quantitative estimate of drug-likeness (QED) is 0.893. The predicted molar refractivity (Wildman–Crippen MR) is 86.0 cm³/mol. The summed E-state index contributed by atoms with van der Waals surface area (Å²) in [6.45, 7) is 1.89. The predicted octanol–water partition coefficient (Wildman–Crippen LogP) is 3.78. The van der Waals surface area contributed by atoms with Crippen molar-refractivity contribution in [3.8, 4) is 11.5 Å². The van der Waals surface area contributed by atoms with Crippen LogP contribution in [0.1, 0.15) is 5.56 Å². The van der Waals surface area contributed by atoms with Gasteiger partial charge in [0.05, 0.1) is 12.8 Å². The minimum Gasteiger partial charge on any atom is -0.495 e. The molecule has 0 atom stereocenters. The third-order valence-corrected chi connectivity index (χ3v) is 3.29. The lowest BCUT2D eigenvalue weighted by atomic mass is 10.2. The molecule has 0 aliphatic carbocycles. The fourth-order valence-electron chi connectivity index (χ4n) is 1.81. The Morgan fingerprint density at radius 3 is 2.76 bits per heavy atom. The van der Waals surface area contributed by atoms with Gasteiger partial charge in [0.2, 0.25) is 0 Å². The zero-order valence-corrected chi connectivity index (χ0v) is 13.4. The maximum atomic E-state index is 11.9. The summed E-state index contributed by atoms with van der Waals surface area (Å²) < 4.78 is 11.6. The molecule has 1 amide bonds. The molecule has 2 aromatic carbocycles. The Labute approximate surface area is 132 Å². The number of hydrogen-bond donors (Lipinski definition) is 1. The highest BCUT2D eigenvalue weighted by Crippen LogP contribution is 2.25. The van der Waals surface area contributed by atoms with Gasteiger partial charge in [-0.1, -0.05) is 28.1 Å². The first kappa shape index (κ1) is 15.4. The largest absolute Gasteiger partial charge is 0.495 e. The monoisotopic (exact) mass is 349 g/mol. The summed E-state index contributed by atoms with van der Waals surface area (Å²) in [4.78, 5) is 11.9. The van der Waals surface area contributed by atoms with Crippen molar-refractivity contribution in [2.24, 2.45) is 0 Å². The summed E-state index contributed by atoms with van der Waals surface area (Å²) in [5.74, 6) is 1.02. The van der Waals surface area contributed by atoms with Gasteiger partial charge in [0.25, 0.3) is 5.91 Å². The van der Waals surface area contributed by atoms with Gasteiger partial charge in [-0.05, 0) is 42.8 Å². The lowest BCUT2D eigenvalue weighted by Crippen LogP contribution is -2.20. The summed E-state index contributed by atoms with van der Waals surface area (Å²) in [6, 6.07) is 12.9. The van der Waals surface area contributed by atoms with Crippen molar-refractivity contribution >= 4 is 27.5 Å². The normalized spacial score (nSPS) is 10.0. The Hall–Kier alpha value is -2.01. The summed E-state index contributed by atoms with van der Waals surface area (Å²) in [7, 11) is 1.57. The van der Waals surface area contributed by atoms with Crippen LogP contribution in [0.15, 0.2) is 46.9 Å². The van der Waals surface area contributed by atoms with E-state index in [0.717, 1.165) is 10.0 Å². The van der Waals surface area contributed by atoms with Crippen LogP contribution in [0.2, 0.25) is 0 Å². The Morgan fingerprint density at radius 2 is 2.05 bits per heavy atom. The number of halogens is 1. The Morgan fingerprint density at radius 1 is 1.24 bits per heavy atom. The fraction of sp³-hybridized carbons (Fsp3) is 0.188. The molecule has 4 nitrogen and oxygen atoms in total. The second-order valence-electron chi connectivity index (χ2n) is 4.50. The molecular formula is C16H16BrNO3. The Bertz CT molecular complexity index is 643. The second-order valence-corrected chi connectivity index (χ2v) is 5.41. The van der Waals surface area contributed by atoms with Crippen LogP contribution in [0.3, 0.4) is 0 Å². The van der Waals surface area contributed by atoms with E-state index in [-0.39, 0.29) is 12.5 Å². The van der Waals surface area contributed by atoms with Crippen molar-refractivity contribution in [1.82, 2.24) is 0 Å². The number of anilines is 1. The molecule has 0 saturated heterocycles. The first-order chi connectivity index (χ1) is 10.1. The molecule has 2 aromatic rings. The molecule has 1 N–H and O–H groups in total. The van der Waals surface area contributed by atoms with Crippen molar-refractivity contribution in [2.45, 2.75) is 6.92 Å². The molecule has 0 aliphatic rings. The minimum absolute atomic E-state index is 0.0620. The molecule has 0 saturated carbocycles. The number of rotatable bonds is 5. The van der Waals surface area contributed by atoms with Crippen LogP contribution in [0.4, 0.5) is 5.69 Å². The van der Waals surface area contributed by atoms with Crippen LogP contribution in [-0.4, -0.2) is 19.6 Å². The van der Waals surface area contributed by atoms with E-state index in [0.29, 0.717) is 17.2 Å². The number of nitrogens with one attached hydrogen (secondary N) is 1. The van der Waals surface area contributed by atoms with Crippen LogP contribution in [0, 0.1) is 6.92 Å². The average molecular weight is 350 g/mol. The van der Waals surface area contributed by atoms with Gasteiger partial charge in [0, 0.05) is 4.47 Å². The third-order valence-electron chi connectivity index (χ3n) is 2.80. The van der Waals surface area contributed by atoms with E-state index in [1.54, 1.807) is 19.2 Å². The molecule has 0 heterocycles. The number of carbonyl (C=O) groups excluding carboxylic acids is 1. The number of ether oxygens (including phenoxy) is 2. The number of aryl methyl sites for hydroxylation is 1. The van der Waals surface area contributed by atoms with Crippen LogP contribution in [-0.2, 0) is 4.79 Å². The topological polar surface area (TPSA) is 47.6 Å². The molecule has 0 bridgehead atoms. The first-order valence-corrected chi connectivity index (χ1v) is 7.20. The van der Waals surface area contributed by atoms with Crippen molar-refractivity contribution in [2.75, 3.05) is 19.0 Å². The highest BCUT2D eigenvalue weighted by Gasteiger charge is 2.08. The lowest BCUT2D eigenvalue weighted by molar-refractivity contribution is -0.118. The molecule has 0 aliphatic heterocycles.